The molecule has 3 aliphatic rings. The van der Waals surface area contributed by atoms with E-state index >= 15 is 0 Å². The molecule has 12 nitrogen and oxygen atoms in total. The number of pyridine rings is 2. The number of phenols is 1. The fourth-order valence-corrected chi connectivity index (χ4v) is 10.6. The summed E-state index contributed by atoms with van der Waals surface area (Å²) in [7, 11) is -2.22. The van der Waals surface area contributed by atoms with E-state index in [4.69, 9.17) is 13.9 Å². The van der Waals surface area contributed by atoms with E-state index in [0.29, 0.717) is 44.8 Å². The molecule has 0 unspecified atom stereocenters. The average Bonchev–Trinajstić information content (AvgIpc) is 3.79. The summed E-state index contributed by atoms with van der Waals surface area (Å²) >= 11 is 0. The van der Waals surface area contributed by atoms with Crippen molar-refractivity contribution < 1.29 is 23.8 Å². The maximum atomic E-state index is 13.8. The number of carbonyl (C=O) groups is 1. The molecule has 3 N–H and O–H groups in total. The molecular formula is C50H72N6O6Si. The summed E-state index contributed by atoms with van der Waals surface area (Å²) in [5, 5.41) is 15.0. The predicted molar refractivity (Wildman–Crippen MR) is 254 cm³/mol. The van der Waals surface area contributed by atoms with Crippen LogP contribution in [0.1, 0.15) is 94.1 Å². The number of fused-ring (bicyclic) bond motifs is 1. The number of hydrogen-bond acceptors (Lipinski definition) is 10. The number of aryl methyl sites for hydroxylation is 1. The maximum absolute atomic E-state index is 13.8. The van der Waals surface area contributed by atoms with Gasteiger partial charge in [0.25, 0.3) is 0 Å². The number of piperidine rings is 1. The summed E-state index contributed by atoms with van der Waals surface area (Å²) in [5.41, 5.74) is 4.77. The van der Waals surface area contributed by atoms with Crippen LogP contribution in [0.5, 0.6) is 5.75 Å². The van der Waals surface area contributed by atoms with Crippen molar-refractivity contribution >= 4 is 30.9 Å². The second-order valence-corrected chi connectivity index (χ2v) is 24.5. The lowest BCUT2D eigenvalue weighted by atomic mass is 9.89. The third-order valence-corrected chi connectivity index (χ3v) is 18.6. The van der Waals surface area contributed by atoms with Crippen molar-refractivity contribution in [1.82, 2.24) is 25.1 Å². The maximum Gasteiger partial charge on any atom is 0.248 e. The van der Waals surface area contributed by atoms with E-state index in [1.165, 1.54) is 22.8 Å². The lowest BCUT2D eigenvalue weighted by molar-refractivity contribution is -0.134. The molecule has 342 valence electrons. The highest BCUT2D eigenvalue weighted by molar-refractivity contribution is 6.74. The van der Waals surface area contributed by atoms with Gasteiger partial charge in [0.2, 0.25) is 11.5 Å². The molecule has 2 saturated heterocycles. The van der Waals surface area contributed by atoms with Crippen LogP contribution in [0.2, 0.25) is 18.1 Å². The second kappa shape index (κ2) is 20.8. The van der Waals surface area contributed by atoms with Gasteiger partial charge in [0.05, 0.1) is 43.5 Å². The lowest BCUT2D eigenvalue weighted by Gasteiger charge is -2.47. The van der Waals surface area contributed by atoms with Gasteiger partial charge in [0, 0.05) is 76.0 Å². The number of nitrogens with one attached hydrogen (secondary N) is 2. The fourth-order valence-electron chi connectivity index (χ4n) is 9.34. The topological polar surface area (TPSA) is 132 Å². The van der Waals surface area contributed by atoms with Gasteiger partial charge in [-0.1, -0.05) is 63.9 Å². The van der Waals surface area contributed by atoms with Crippen molar-refractivity contribution in [2.75, 3.05) is 70.5 Å². The monoisotopic (exact) mass is 881 g/mol. The number of likely N-dealkylation sites (tertiary alicyclic amines) is 1. The third kappa shape index (κ3) is 12.2. The molecule has 1 spiro atoms. The van der Waals surface area contributed by atoms with Gasteiger partial charge in [-0.05, 0) is 104 Å². The van der Waals surface area contributed by atoms with Crippen molar-refractivity contribution in [3.05, 3.63) is 99.5 Å². The number of rotatable bonds is 18. The number of aromatic amines is 1. The molecule has 1 amide bonds. The van der Waals surface area contributed by atoms with Crippen LogP contribution in [-0.2, 0) is 31.7 Å². The molecule has 4 aromatic rings. The van der Waals surface area contributed by atoms with Crippen LogP contribution in [-0.4, -0.2) is 116 Å². The molecule has 1 aliphatic carbocycles. The van der Waals surface area contributed by atoms with Gasteiger partial charge in [0.15, 0.2) is 8.32 Å². The Labute approximate surface area is 375 Å². The summed E-state index contributed by atoms with van der Waals surface area (Å²) < 4.78 is 19.6. The van der Waals surface area contributed by atoms with E-state index in [1.54, 1.807) is 12.1 Å². The first-order valence-electron chi connectivity index (χ1n) is 23.4. The summed E-state index contributed by atoms with van der Waals surface area (Å²) in [6, 6.07) is 20.1. The van der Waals surface area contributed by atoms with E-state index in [0.717, 1.165) is 101 Å². The highest BCUT2D eigenvalue weighted by Crippen LogP contribution is 2.41. The van der Waals surface area contributed by atoms with Gasteiger partial charge in [-0.25, -0.2) is 4.98 Å². The second-order valence-electron chi connectivity index (χ2n) is 19.7. The van der Waals surface area contributed by atoms with Crippen LogP contribution in [0.15, 0.2) is 71.7 Å². The Morgan fingerprint density at radius 2 is 1.83 bits per heavy atom. The number of nitrogens with zero attached hydrogens (tertiary/aromatic N) is 4. The fraction of sp³-hybridized carbons (Fsp3) is 0.580. The van der Waals surface area contributed by atoms with Crippen LogP contribution in [0.25, 0.3) is 10.9 Å². The number of hydrogen-bond donors (Lipinski definition) is 3. The zero-order valence-corrected chi connectivity index (χ0v) is 39.7. The number of benzene rings is 2. The summed E-state index contributed by atoms with van der Waals surface area (Å²) in [5.74, 6) is 1.24. The molecule has 7 rings (SSSR count). The van der Waals surface area contributed by atoms with Crippen molar-refractivity contribution in [3.8, 4) is 5.75 Å². The third-order valence-electron chi connectivity index (χ3n) is 14.1. The van der Waals surface area contributed by atoms with E-state index in [9.17, 15) is 14.7 Å². The van der Waals surface area contributed by atoms with Crippen LogP contribution >= 0.6 is 0 Å². The molecule has 0 bridgehead atoms. The van der Waals surface area contributed by atoms with Gasteiger partial charge in [-0.2, -0.15) is 0 Å². The van der Waals surface area contributed by atoms with Crippen LogP contribution < -0.4 is 15.8 Å². The number of ether oxygens (including phenoxy) is 2. The first kappa shape index (κ1) is 46.9. The van der Waals surface area contributed by atoms with E-state index in [-0.39, 0.29) is 40.0 Å². The van der Waals surface area contributed by atoms with Crippen molar-refractivity contribution in [2.45, 2.75) is 121 Å². The van der Waals surface area contributed by atoms with Gasteiger partial charge in [0.1, 0.15) is 11.6 Å². The highest BCUT2D eigenvalue weighted by atomic mass is 28.4. The van der Waals surface area contributed by atoms with Crippen molar-refractivity contribution in [2.24, 2.45) is 0 Å². The Balaban J connectivity index is 0.866. The number of aromatic nitrogens is 2. The zero-order valence-electron chi connectivity index (χ0n) is 38.7. The standard InChI is InChI=1S/C50H72N6O6Si/c1-37-18-23-52-45(32-37)55-28-31-61-50(36-55)21-25-54(26-22-50)35-39-11-9-10-38(33-39)19-29-60-30-20-47(59)56(40-12-7-8-13-40)27-24-51-34-44(62-63(5,6)49(2,3)4)41-14-16-43(57)48-42(41)15-17-46(58)53-48/h9-11,14-18,23,32-33,40,44,51,57H,7-8,12-13,19-22,24-31,34-36H2,1-6H3,(H,53,58)/t44-/m0/s1. The first-order chi connectivity index (χ1) is 30.2. The Morgan fingerprint density at radius 1 is 1.05 bits per heavy atom. The molecule has 0 radical (unpaired) electrons. The number of aromatic hydroxyl groups is 1. The van der Waals surface area contributed by atoms with Gasteiger partial charge in [-0.3, -0.25) is 14.5 Å². The molecule has 13 heteroatoms. The Morgan fingerprint density at radius 3 is 2.59 bits per heavy atom. The minimum Gasteiger partial charge on any atom is -0.506 e. The van der Waals surface area contributed by atoms with Crippen molar-refractivity contribution in [1.29, 1.82) is 0 Å². The molecule has 63 heavy (non-hydrogen) atoms. The molecule has 3 fully saturated rings. The quantitative estimate of drug-likeness (QED) is 0.0670. The molecule has 2 aromatic carbocycles. The minimum absolute atomic E-state index is 0.0162. The van der Waals surface area contributed by atoms with Gasteiger partial charge >= 0.3 is 0 Å². The Hall–Kier alpha value is -4.11. The number of anilines is 1. The minimum atomic E-state index is -2.22. The highest BCUT2D eigenvalue weighted by Gasteiger charge is 2.41. The largest absolute Gasteiger partial charge is 0.506 e. The zero-order chi connectivity index (χ0) is 44.6. The number of H-pyrrole nitrogens is 1. The van der Waals surface area contributed by atoms with Crippen molar-refractivity contribution in [3.63, 3.8) is 0 Å². The first-order valence-corrected chi connectivity index (χ1v) is 26.3. The number of carbonyl (C=O) groups excluding carboxylic acids is 1. The summed E-state index contributed by atoms with van der Waals surface area (Å²) in [6.45, 7) is 21.5. The molecule has 1 atom stereocenters. The molecule has 2 aromatic heterocycles. The normalized spacial score (nSPS) is 18.0. The number of amides is 1. The van der Waals surface area contributed by atoms with Gasteiger partial charge < -0.3 is 39.1 Å². The average molecular weight is 881 g/mol. The smallest absolute Gasteiger partial charge is 0.248 e. The summed E-state index contributed by atoms with van der Waals surface area (Å²) in [4.78, 5) is 40.4. The Bertz CT molecular complexity index is 2190. The van der Waals surface area contributed by atoms with E-state index in [2.05, 4.69) is 107 Å². The molecular weight excluding hydrogens is 809 g/mol. The lowest BCUT2D eigenvalue weighted by Crippen LogP contribution is -2.57. The molecule has 2 aliphatic heterocycles. The van der Waals surface area contributed by atoms with Gasteiger partial charge in [-0.15, -0.1) is 0 Å². The van der Waals surface area contributed by atoms with Crippen LogP contribution in [0.4, 0.5) is 5.82 Å². The SMILES string of the molecule is Cc1ccnc(N2CCOC3(CCN(Cc4cccc(CCOCCC(=O)N(CCNC[C@H](O[Si](C)(C)C(C)(C)C)c5ccc(O)c6[nH]c(=O)ccc56)C5CCCC5)c4)CC3)C2)c1. The van der Waals surface area contributed by atoms with E-state index < -0.39 is 8.32 Å². The summed E-state index contributed by atoms with van der Waals surface area (Å²) in [6.07, 6.45) is 9.17. The Kier molecular flexibility index (Phi) is 15.5. The molecule has 4 heterocycles. The molecule has 1 saturated carbocycles. The van der Waals surface area contributed by atoms with Crippen LogP contribution in [0, 0.1) is 6.92 Å². The van der Waals surface area contributed by atoms with Crippen LogP contribution in [0.3, 0.4) is 0 Å². The number of phenolic OH excluding ortho intramolecular Hbond substituents is 1. The number of morpholine rings is 1. The van der Waals surface area contributed by atoms with E-state index in [1.807, 2.05) is 12.3 Å². The predicted octanol–water partition coefficient (Wildman–Crippen LogP) is 7.88.